The summed E-state index contributed by atoms with van der Waals surface area (Å²) in [6.45, 7) is -0.326. The molecule has 140 valence electrons. The van der Waals surface area contributed by atoms with Gasteiger partial charge in [0.2, 0.25) is 0 Å². The molecule has 1 atom stereocenters. The van der Waals surface area contributed by atoms with Crippen LogP contribution in [0.25, 0.3) is 0 Å². The number of rotatable bonds is 4. The molecule has 1 heterocycles. The second-order valence-electron chi connectivity index (χ2n) is 6.57. The molecule has 1 aromatic rings. The fraction of sp³-hybridized carbons (Fsp3) is 0.500. The molecule has 26 heavy (non-hydrogen) atoms. The number of halogens is 1. The maximum atomic E-state index is 12.1. The number of urea groups is 1. The number of carbonyl (C=O) groups is 3. The Morgan fingerprint density at radius 1 is 1.23 bits per heavy atom. The summed E-state index contributed by atoms with van der Waals surface area (Å²) in [4.78, 5) is 35.6. The predicted molar refractivity (Wildman–Crippen MR) is 94.0 cm³/mol. The van der Waals surface area contributed by atoms with Gasteiger partial charge in [0.05, 0.1) is 5.92 Å². The lowest BCUT2D eigenvalue weighted by atomic mass is 9.97. The molecule has 0 aromatic heterocycles. The standard InChI is InChI=1S/C18H21ClN2O5/c19-13-5-6-15-11(8-13)7-12(9-25-15)17(23)26-10-16(22)21-18(24)20-14-3-1-2-4-14/h5-6,8,12,14H,1-4,7,9-10H2,(H2,20,21,22,24)/t12-/m0/s1. The van der Waals surface area contributed by atoms with Gasteiger partial charge in [0.15, 0.2) is 6.61 Å². The SMILES string of the molecule is O=C(COC(=O)[C@@H]1COc2ccc(Cl)cc2C1)NC(=O)NC1CCCC1. The van der Waals surface area contributed by atoms with E-state index in [0.717, 1.165) is 31.2 Å². The van der Waals surface area contributed by atoms with Crippen LogP contribution in [0.5, 0.6) is 5.75 Å². The molecule has 1 aromatic carbocycles. The quantitative estimate of drug-likeness (QED) is 0.781. The Morgan fingerprint density at radius 2 is 2.00 bits per heavy atom. The number of esters is 1. The highest BCUT2D eigenvalue weighted by atomic mass is 35.5. The highest BCUT2D eigenvalue weighted by Gasteiger charge is 2.28. The monoisotopic (exact) mass is 380 g/mol. The normalized spacial score (nSPS) is 19.2. The molecule has 3 rings (SSSR count). The van der Waals surface area contributed by atoms with Gasteiger partial charge in [-0.25, -0.2) is 4.79 Å². The van der Waals surface area contributed by atoms with Crippen LogP contribution in [0.4, 0.5) is 4.79 Å². The molecule has 2 N–H and O–H groups in total. The molecule has 0 radical (unpaired) electrons. The average molecular weight is 381 g/mol. The van der Waals surface area contributed by atoms with E-state index in [0.29, 0.717) is 17.2 Å². The maximum Gasteiger partial charge on any atom is 0.321 e. The Morgan fingerprint density at radius 3 is 2.77 bits per heavy atom. The molecule has 1 aliphatic carbocycles. The van der Waals surface area contributed by atoms with E-state index in [9.17, 15) is 14.4 Å². The van der Waals surface area contributed by atoms with Crippen molar-refractivity contribution in [2.45, 2.75) is 38.1 Å². The van der Waals surface area contributed by atoms with Crippen molar-refractivity contribution in [1.29, 1.82) is 0 Å². The number of ether oxygens (including phenoxy) is 2. The van der Waals surface area contributed by atoms with Gasteiger partial charge in [-0.2, -0.15) is 0 Å². The van der Waals surface area contributed by atoms with Crippen molar-refractivity contribution in [1.82, 2.24) is 10.6 Å². The fourth-order valence-electron chi connectivity index (χ4n) is 3.22. The lowest BCUT2D eigenvalue weighted by Gasteiger charge is -2.24. The fourth-order valence-corrected chi connectivity index (χ4v) is 3.42. The van der Waals surface area contributed by atoms with Gasteiger partial charge in [0, 0.05) is 11.1 Å². The second kappa shape index (κ2) is 8.40. The summed E-state index contributed by atoms with van der Waals surface area (Å²) in [7, 11) is 0. The Labute approximate surface area is 156 Å². The first-order valence-corrected chi connectivity index (χ1v) is 9.07. The van der Waals surface area contributed by atoms with Crippen molar-refractivity contribution < 1.29 is 23.9 Å². The van der Waals surface area contributed by atoms with Crippen molar-refractivity contribution in [2.75, 3.05) is 13.2 Å². The van der Waals surface area contributed by atoms with Crippen LogP contribution < -0.4 is 15.4 Å². The highest BCUT2D eigenvalue weighted by Crippen LogP contribution is 2.30. The molecular formula is C18H21ClN2O5. The topological polar surface area (TPSA) is 93.7 Å². The van der Waals surface area contributed by atoms with Crippen LogP contribution in [-0.4, -0.2) is 37.2 Å². The molecule has 3 amide bonds. The number of imide groups is 1. The summed E-state index contributed by atoms with van der Waals surface area (Å²) in [5.41, 5.74) is 0.825. The van der Waals surface area contributed by atoms with Gasteiger partial charge in [-0.1, -0.05) is 24.4 Å². The first-order chi connectivity index (χ1) is 12.5. The van der Waals surface area contributed by atoms with Gasteiger partial charge in [-0.3, -0.25) is 14.9 Å². The Hall–Kier alpha value is -2.28. The maximum absolute atomic E-state index is 12.1. The summed E-state index contributed by atoms with van der Waals surface area (Å²) >= 11 is 5.95. The minimum absolute atomic E-state index is 0.108. The first kappa shape index (κ1) is 18.5. The van der Waals surface area contributed by atoms with E-state index in [1.807, 2.05) is 0 Å². The highest BCUT2D eigenvalue weighted by molar-refractivity contribution is 6.30. The zero-order valence-corrected chi connectivity index (χ0v) is 15.0. The summed E-state index contributed by atoms with van der Waals surface area (Å²) < 4.78 is 10.5. The lowest BCUT2D eigenvalue weighted by Crippen LogP contribution is -2.45. The van der Waals surface area contributed by atoms with Gasteiger partial charge in [0.25, 0.3) is 5.91 Å². The summed E-state index contributed by atoms with van der Waals surface area (Å²) in [6, 6.07) is 4.78. The average Bonchev–Trinajstić information content (AvgIpc) is 3.11. The Kier molecular flexibility index (Phi) is 5.98. The molecule has 0 spiro atoms. The second-order valence-corrected chi connectivity index (χ2v) is 7.01. The van der Waals surface area contributed by atoms with Gasteiger partial charge in [-0.05, 0) is 43.0 Å². The van der Waals surface area contributed by atoms with Gasteiger partial charge >= 0.3 is 12.0 Å². The molecule has 1 aliphatic heterocycles. The minimum atomic E-state index is -0.658. The minimum Gasteiger partial charge on any atom is -0.492 e. The van der Waals surface area contributed by atoms with E-state index in [4.69, 9.17) is 21.1 Å². The van der Waals surface area contributed by atoms with E-state index in [1.54, 1.807) is 18.2 Å². The zero-order chi connectivity index (χ0) is 18.5. The van der Waals surface area contributed by atoms with Gasteiger partial charge in [-0.15, -0.1) is 0 Å². The van der Waals surface area contributed by atoms with Crippen LogP contribution in [0.1, 0.15) is 31.2 Å². The Balaban J connectivity index is 1.42. The largest absolute Gasteiger partial charge is 0.492 e. The number of hydrogen-bond acceptors (Lipinski definition) is 5. The number of fused-ring (bicyclic) bond motifs is 1. The number of amides is 3. The molecule has 0 saturated heterocycles. The zero-order valence-electron chi connectivity index (χ0n) is 14.3. The molecule has 0 unspecified atom stereocenters. The molecule has 1 fully saturated rings. The number of hydrogen-bond donors (Lipinski definition) is 2. The lowest BCUT2D eigenvalue weighted by molar-refractivity contribution is -0.153. The van der Waals surface area contributed by atoms with Gasteiger partial charge in [0.1, 0.15) is 12.4 Å². The number of nitrogens with one attached hydrogen (secondary N) is 2. The smallest absolute Gasteiger partial charge is 0.321 e. The van der Waals surface area contributed by atoms with Gasteiger partial charge < -0.3 is 14.8 Å². The van der Waals surface area contributed by atoms with Crippen LogP contribution >= 0.6 is 11.6 Å². The van der Waals surface area contributed by atoms with Crippen LogP contribution in [0.3, 0.4) is 0 Å². The van der Waals surface area contributed by atoms with Crippen molar-refractivity contribution in [3.63, 3.8) is 0 Å². The summed E-state index contributed by atoms with van der Waals surface area (Å²) in [6.07, 6.45) is 4.43. The van der Waals surface area contributed by atoms with Crippen molar-refractivity contribution in [2.24, 2.45) is 5.92 Å². The summed E-state index contributed by atoms with van der Waals surface area (Å²) in [5, 5.41) is 5.47. The summed E-state index contributed by atoms with van der Waals surface area (Å²) in [5.74, 6) is -1.02. The third-order valence-electron chi connectivity index (χ3n) is 4.55. The van der Waals surface area contributed by atoms with Crippen molar-refractivity contribution in [3.05, 3.63) is 28.8 Å². The van der Waals surface area contributed by atoms with Crippen molar-refractivity contribution in [3.8, 4) is 5.75 Å². The molecule has 1 saturated carbocycles. The molecule has 7 nitrogen and oxygen atoms in total. The van der Waals surface area contributed by atoms with Crippen LogP contribution in [0, 0.1) is 5.92 Å². The van der Waals surface area contributed by atoms with E-state index >= 15 is 0 Å². The van der Waals surface area contributed by atoms with Crippen molar-refractivity contribution >= 4 is 29.5 Å². The Bertz CT molecular complexity index is 703. The molecule has 8 heteroatoms. The third-order valence-corrected chi connectivity index (χ3v) is 4.79. The molecule has 2 aliphatic rings. The van der Waals surface area contributed by atoms with E-state index < -0.39 is 30.4 Å². The van der Waals surface area contributed by atoms with E-state index in [1.165, 1.54) is 0 Å². The number of benzene rings is 1. The first-order valence-electron chi connectivity index (χ1n) is 8.69. The number of carbonyl (C=O) groups excluding carboxylic acids is 3. The van der Waals surface area contributed by atoms with Crippen LogP contribution in [-0.2, 0) is 20.7 Å². The van der Waals surface area contributed by atoms with Crippen LogP contribution in [0.2, 0.25) is 5.02 Å². The predicted octanol–water partition coefficient (Wildman–Crippen LogP) is 2.20. The third kappa shape index (κ3) is 4.88. The van der Waals surface area contributed by atoms with E-state index in [2.05, 4.69) is 10.6 Å². The van der Waals surface area contributed by atoms with E-state index in [-0.39, 0.29) is 12.6 Å². The molecule has 0 bridgehead atoms. The molecular weight excluding hydrogens is 360 g/mol. The van der Waals surface area contributed by atoms with Crippen LogP contribution in [0.15, 0.2) is 18.2 Å².